The van der Waals surface area contributed by atoms with E-state index in [9.17, 15) is 4.79 Å². The van der Waals surface area contributed by atoms with Crippen LogP contribution in [0.3, 0.4) is 0 Å². The number of carbonyl (C=O) groups excluding carboxylic acids is 1. The topological polar surface area (TPSA) is 50.6 Å². The minimum absolute atomic E-state index is 0.105. The molecule has 0 bridgehead atoms. The Bertz CT molecular complexity index is 297. The maximum Gasteiger partial charge on any atom is 0.241 e. The molecule has 1 amide bonds. The SMILES string of the molecule is CN(C)CCN1CCCN(C)C(CC#N)C1=O. The van der Waals surface area contributed by atoms with Gasteiger partial charge in [-0.25, -0.2) is 0 Å². The van der Waals surface area contributed by atoms with Gasteiger partial charge in [-0.3, -0.25) is 9.69 Å². The van der Waals surface area contributed by atoms with Gasteiger partial charge in [0.1, 0.15) is 6.04 Å². The highest BCUT2D eigenvalue weighted by molar-refractivity contribution is 5.82. The van der Waals surface area contributed by atoms with Crippen molar-refractivity contribution in [3.63, 3.8) is 0 Å². The first kappa shape index (κ1) is 13.9. The molecular formula is C12H22N4O. The second-order valence-corrected chi connectivity index (χ2v) is 4.84. The van der Waals surface area contributed by atoms with Crippen molar-refractivity contribution >= 4 is 5.91 Å². The molecule has 1 heterocycles. The van der Waals surface area contributed by atoms with Gasteiger partial charge in [0, 0.05) is 26.2 Å². The molecule has 0 aliphatic carbocycles. The molecule has 1 atom stereocenters. The Hall–Kier alpha value is -1.12. The van der Waals surface area contributed by atoms with E-state index in [1.54, 1.807) is 0 Å². The average Bonchev–Trinajstić information content (AvgIpc) is 2.40. The Morgan fingerprint density at radius 3 is 2.76 bits per heavy atom. The molecule has 0 radical (unpaired) electrons. The Morgan fingerprint density at radius 1 is 1.47 bits per heavy atom. The van der Waals surface area contributed by atoms with Crippen molar-refractivity contribution < 1.29 is 4.79 Å². The molecule has 1 aliphatic heterocycles. The zero-order valence-electron chi connectivity index (χ0n) is 11.0. The Morgan fingerprint density at radius 2 is 2.18 bits per heavy atom. The molecule has 0 saturated carbocycles. The van der Waals surface area contributed by atoms with E-state index in [0.717, 1.165) is 32.6 Å². The second-order valence-electron chi connectivity index (χ2n) is 4.84. The number of amides is 1. The lowest BCUT2D eigenvalue weighted by atomic mass is 10.2. The van der Waals surface area contributed by atoms with E-state index >= 15 is 0 Å². The van der Waals surface area contributed by atoms with Crippen molar-refractivity contribution in [2.75, 3.05) is 47.3 Å². The minimum Gasteiger partial charge on any atom is -0.340 e. The van der Waals surface area contributed by atoms with Crippen LogP contribution < -0.4 is 0 Å². The average molecular weight is 238 g/mol. The first-order chi connectivity index (χ1) is 8.06. The molecule has 96 valence electrons. The molecule has 0 aromatic rings. The summed E-state index contributed by atoms with van der Waals surface area (Å²) in [6, 6.07) is 1.85. The Balaban J connectivity index is 2.65. The fourth-order valence-electron chi connectivity index (χ4n) is 2.05. The fourth-order valence-corrected chi connectivity index (χ4v) is 2.05. The highest BCUT2D eigenvalue weighted by Gasteiger charge is 2.30. The van der Waals surface area contributed by atoms with Crippen LogP contribution in [0.4, 0.5) is 0 Å². The highest BCUT2D eigenvalue weighted by atomic mass is 16.2. The predicted molar refractivity (Wildman–Crippen MR) is 66.4 cm³/mol. The van der Waals surface area contributed by atoms with E-state index in [4.69, 9.17) is 5.26 Å². The molecule has 1 saturated heterocycles. The molecule has 17 heavy (non-hydrogen) atoms. The van der Waals surface area contributed by atoms with Gasteiger partial charge in [0.05, 0.1) is 12.5 Å². The third-order valence-electron chi connectivity index (χ3n) is 3.17. The van der Waals surface area contributed by atoms with Gasteiger partial charge in [-0.1, -0.05) is 0 Å². The summed E-state index contributed by atoms with van der Waals surface area (Å²) in [5.41, 5.74) is 0. The highest BCUT2D eigenvalue weighted by Crippen LogP contribution is 2.12. The van der Waals surface area contributed by atoms with E-state index in [0.29, 0.717) is 0 Å². The van der Waals surface area contributed by atoms with Crippen LogP contribution in [0.5, 0.6) is 0 Å². The molecule has 0 aromatic carbocycles. The molecule has 1 unspecified atom stereocenters. The van der Waals surface area contributed by atoms with Crippen molar-refractivity contribution in [2.24, 2.45) is 0 Å². The van der Waals surface area contributed by atoms with E-state index in [2.05, 4.69) is 11.0 Å². The lowest BCUT2D eigenvalue weighted by Crippen LogP contribution is -2.46. The summed E-state index contributed by atoms with van der Waals surface area (Å²) in [5, 5.41) is 8.79. The number of nitriles is 1. The lowest BCUT2D eigenvalue weighted by Gasteiger charge is -2.27. The van der Waals surface area contributed by atoms with Gasteiger partial charge in [-0.05, 0) is 27.6 Å². The molecule has 0 N–H and O–H groups in total. The number of carbonyl (C=O) groups is 1. The van der Waals surface area contributed by atoms with Gasteiger partial charge in [-0.2, -0.15) is 5.26 Å². The monoisotopic (exact) mass is 238 g/mol. The summed E-state index contributed by atoms with van der Waals surface area (Å²) in [6.45, 7) is 3.31. The fraction of sp³-hybridized carbons (Fsp3) is 0.833. The number of hydrogen-bond donors (Lipinski definition) is 0. The van der Waals surface area contributed by atoms with Gasteiger partial charge in [-0.15, -0.1) is 0 Å². The van der Waals surface area contributed by atoms with E-state index in [1.807, 2.05) is 30.9 Å². The summed E-state index contributed by atoms with van der Waals surface area (Å²) in [4.78, 5) is 18.2. The molecule has 1 aliphatic rings. The number of likely N-dealkylation sites (N-methyl/N-ethyl adjacent to an activating group) is 2. The van der Waals surface area contributed by atoms with Crippen molar-refractivity contribution in [1.82, 2.24) is 14.7 Å². The summed E-state index contributed by atoms with van der Waals surface area (Å²) >= 11 is 0. The van der Waals surface area contributed by atoms with Crippen molar-refractivity contribution in [3.05, 3.63) is 0 Å². The van der Waals surface area contributed by atoms with Gasteiger partial charge < -0.3 is 9.80 Å². The normalized spacial score (nSPS) is 22.6. The minimum atomic E-state index is -0.260. The van der Waals surface area contributed by atoms with Crippen molar-refractivity contribution in [1.29, 1.82) is 5.26 Å². The summed E-state index contributed by atoms with van der Waals surface area (Å²) < 4.78 is 0. The molecule has 5 nitrogen and oxygen atoms in total. The summed E-state index contributed by atoms with van der Waals surface area (Å²) in [6.07, 6.45) is 1.27. The van der Waals surface area contributed by atoms with Crippen LogP contribution in [0.1, 0.15) is 12.8 Å². The Labute approximate surface area is 104 Å². The predicted octanol–water partition coefficient (Wildman–Crippen LogP) is -0.00562. The first-order valence-corrected chi connectivity index (χ1v) is 6.07. The zero-order chi connectivity index (χ0) is 12.8. The zero-order valence-corrected chi connectivity index (χ0v) is 11.0. The quantitative estimate of drug-likeness (QED) is 0.691. The van der Waals surface area contributed by atoms with Crippen molar-refractivity contribution in [3.8, 4) is 6.07 Å². The molecule has 1 fully saturated rings. The second kappa shape index (κ2) is 6.58. The van der Waals surface area contributed by atoms with Gasteiger partial charge in [0.15, 0.2) is 0 Å². The van der Waals surface area contributed by atoms with Gasteiger partial charge >= 0.3 is 0 Å². The van der Waals surface area contributed by atoms with Gasteiger partial charge in [0.2, 0.25) is 5.91 Å². The number of hydrogen-bond acceptors (Lipinski definition) is 4. The van der Waals surface area contributed by atoms with Crippen LogP contribution in [-0.4, -0.2) is 74.0 Å². The molecule has 0 aromatic heterocycles. The maximum atomic E-state index is 12.3. The third-order valence-corrected chi connectivity index (χ3v) is 3.17. The number of rotatable bonds is 4. The molecular weight excluding hydrogens is 216 g/mol. The molecule has 5 heteroatoms. The van der Waals surface area contributed by atoms with Crippen LogP contribution in [0.15, 0.2) is 0 Å². The largest absolute Gasteiger partial charge is 0.340 e. The standard InChI is InChI=1S/C12H22N4O/c1-14(2)9-10-16-8-4-7-15(3)11(5-6-13)12(16)17/h11H,4-5,7-10H2,1-3H3. The van der Waals surface area contributed by atoms with Crippen LogP contribution in [0, 0.1) is 11.3 Å². The lowest BCUT2D eigenvalue weighted by molar-refractivity contribution is -0.135. The van der Waals surface area contributed by atoms with Crippen LogP contribution in [0.2, 0.25) is 0 Å². The first-order valence-electron chi connectivity index (χ1n) is 6.07. The summed E-state index contributed by atoms with van der Waals surface area (Å²) in [5.74, 6) is 0.105. The number of nitrogens with zero attached hydrogens (tertiary/aromatic N) is 4. The van der Waals surface area contributed by atoms with Crippen LogP contribution in [0.25, 0.3) is 0 Å². The van der Waals surface area contributed by atoms with E-state index in [-0.39, 0.29) is 18.4 Å². The smallest absolute Gasteiger partial charge is 0.241 e. The Kier molecular flexibility index (Phi) is 5.39. The third kappa shape index (κ3) is 3.99. The van der Waals surface area contributed by atoms with Crippen LogP contribution in [-0.2, 0) is 4.79 Å². The maximum absolute atomic E-state index is 12.3. The molecule has 1 rings (SSSR count). The van der Waals surface area contributed by atoms with Crippen LogP contribution >= 0.6 is 0 Å². The van der Waals surface area contributed by atoms with E-state index < -0.39 is 0 Å². The van der Waals surface area contributed by atoms with Gasteiger partial charge in [0.25, 0.3) is 0 Å². The van der Waals surface area contributed by atoms with Crippen molar-refractivity contribution in [2.45, 2.75) is 18.9 Å². The van der Waals surface area contributed by atoms with E-state index in [1.165, 1.54) is 0 Å². The summed E-state index contributed by atoms with van der Waals surface area (Å²) in [7, 11) is 5.93. The molecule has 0 spiro atoms.